The van der Waals surface area contributed by atoms with Gasteiger partial charge in [0.2, 0.25) is 0 Å². The Morgan fingerprint density at radius 3 is 2.74 bits per heavy atom. The van der Waals surface area contributed by atoms with Gasteiger partial charge in [-0.1, -0.05) is 12.1 Å². The number of fused-ring (bicyclic) bond motifs is 1. The van der Waals surface area contributed by atoms with Gasteiger partial charge in [-0.05, 0) is 60.7 Å². The summed E-state index contributed by atoms with van der Waals surface area (Å²) in [6.07, 6.45) is 1.62. The van der Waals surface area contributed by atoms with Crippen molar-refractivity contribution in [2.45, 2.75) is 25.8 Å². The molecule has 0 amide bonds. The molecule has 0 radical (unpaired) electrons. The van der Waals surface area contributed by atoms with Gasteiger partial charge in [0, 0.05) is 5.69 Å². The van der Waals surface area contributed by atoms with E-state index in [-0.39, 0.29) is 17.7 Å². The van der Waals surface area contributed by atoms with Crippen LogP contribution in [0.25, 0.3) is 0 Å². The monoisotopic (exact) mass is 259 g/mol. The van der Waals surface area contributed by atoms with Crippen molar-refractivity contribution in [1.82, 2.24) is 0 Å². The molecule has 19 heavy (non-hydrogen) atoms. The minimum absolute atomic E-state index is 0.107. The second kappa shape index (κ2) is 4.65. The average molecular weight is 259 g/mol. The summed E-state index contributed by atoms with van der Waals surface area (Å²) >= 11 is 0. The van der Waals surface area contributed by atoms with Crippen LogP contribution in [0.15, 0.2) is 36.4 Å². The van der Waals surface area contributed by atoms with Crippen molar-refractivity contribution >= 4 is 5.69 Å². The lowest BCUT2D eigenvalue weighted by molar-refractivity contribution is 0.612. The van der Waals surface area contributed by atoms with Crippen molar-refractivity contribution in [3.63, 3.8) is 0 Å². The zero-order chi connectivity index (χ0) is 13.4. The molecule has 3 rings (SSSR count). The van der Waals surface area contributed by atoms with E-state index >= 15 is 0 Å². The summed E-state index contributed by atoms with van der Waals surface area (Å²) in [4.78, 5) is 0. The maximum Gasteiger partial charge on any atom is 0.126 e. The van der Waals surface area contributed by atoms with E-state index in [0.717, 1.165) is 29.7 Å². The molecule has 0 heterocycles. The first kappa shape index (κ1) is 12.2. The average Bonchev–Trinajstić information content (AvgIpc) is 2.79. The molecule has 1 N–H and O–H groups in total. The van der Waals surface area contributed by atoms with Crippen molar-refractivity contribution in [1.29, 1.82) is 0 Å². The van der Waals surface area contributed by atoms with Crippen LogP contribution >= 0.6 is 0 Å². The number of halogens is 2. The fraction of sp³-hybridized carbons (Fsp3) is 0.250. The normalized spacial score (nSPS) is 17.3. The predicted octanol–water partition coefficient (Wildman–Crippen LogP) is 4.37. The quantitative estimate of drug-likeness (QED) is 0.844. The highest BCUT2D eigenvalue weighted by Gasteiger charge is 2.24. The van der Waals surface area contributed by atoms with Crippen LogP contribution in [0.5, 0.6) is 0 Å². The van der Waals surface area contributed by atoms with Gasteiger partial charge in [0.25, 0.3) is 0 Å². The zero-order valence-electron chi connectivity index (χ0n) is 10.7. The topological polar surface area (TPSA) is 12.0 Å². The first-order valence-electron chi connectivity index (χ1n) is 6.45. The third kappa shape index (κ3) is 2.21. The minimum atomic E-state index is -0.205. The number of aryl methyl sites for hydroxylation is 1. The van der Waals surface area contributed by atoms with Gasteiger partial charge in [0.1, 0.15) is 11.6 Å². The van der Waals surface area contributed by atoms with Gasteiger partial charge in [-0.3, -0.25) is 0 Å². The van der Waals surface area contributed by atoms with Crippen LogP contribution in [0.4, 0.5) is 14.5 Å². The van der Waals surface area contributed by atoms with Crippen molar-refractivity contribution in [2.75, 3.05) is 5.32 Å². The molecule has 0 aromatic heterocycles. The molecule has 98 valence electrons. The van der Waals surface area contributed by atoms with Crippen LogP contribution in [-0.2, 0) is 6.42 Å². The SMILES string of the molecule is Cc1cc(NC2CCc3c(F)cccc32)ccc1F. The molecule has 0 spiro atoms. The Labute approximate surface area is 111 Å². The van der Waals surface area contributed by atoms with Gasteiger partial charge in [-0.2, -0.15) is 0 Å². The highest BCUT2D eigenvalue weighted by Crippen LogP contribution is 2.35. The number of rotatable bonds is 2. The van der Waals surface area contributed by atoms with Crippen LogP contribution in [-0.4, -0.2) is 0 Å². The van der Waals surface area contributed by atoms with E-state index in [4.69, 9.17) is 0 Å². The van der Waals surface area contributed by atoms with Crippen LogP contribution in [0.1, 0.15) is 29.2 Å². The fourth-order valence-electron chi connectivity index (χ4n) is 2.70. The Kier molecular flexibility index (Phi) is 2.97. The molecule has 2 aromatic rings. The van der Waals surface area contributed by atoms with E-state index in [1.54, 1.807) is 25.1 Å². The smallest absolute Gasteiger partial charge is 0.126 e. The third-order valence-corrected chi connectivity index (χ3v) is 3.71. The van der Waals surface area contributed by atoms with E-state index in [1.165, 1.54) is 12.1 Å². The Morgan fingerprint density at radius 2 is 1.95 bits per heavy atom. The second-order valence-electron chi connectivity index (χ2n) is 5.01. The zero-order valence-corrected chi connectivity index (χ0v) is 10.7. The number of nitrogens with one attached hydrogen (secondary N) is 1. The second-order valence-corrected chi connectivity index (χ2v) is 5.01. The summed E-state index contributed by atoms with van der Waals surface area (Å²) in [7, 11) is 0. The van der Waals surface area contributed by atoms with E-state index in [9.17, 15) is 8.78 Å². The molecule has 1 atom stereocenters. The van der Waals surface area contributed by atoms with Crippen LogP contribution in [0.3, 0.4) is 0 Å². The highest BCUT2D eigenvalue weighted by molar-refractivity contribution is 5.50. The lowest BCUT2D eigenvalue weighted by atomic mass is 10.1. The van der Waals surface area contributed by atoms with Gasteiger partial charge < -0.3 is 5.32 Å². The van der Waals surface area contributed by atoms with Crippen LogP contribution in [0.2, 0.25) is 0 Å². The minimum Gasteiger partial charge on any atom is -0.378 e. The van der Waals surface area contributed by atoms with Gasteiger partial charge >= 0.3 is 0 Å². The maximum absolute atomic E-state index is 13.6. The molecule has 1 nitrogen and oxygen atoms in total. The summed E-state index contributed by atoms with van der Waals surface area (Å²) in [5, 5.41) is 3.36. The molecule has 0 saturated heterocycles. The Balaban J connectivity index is 1.86. The fourth-order valence-corrected chi connectivity index (χ4v) is 2.70. The summed E-state index contributed by atoms with van der Waals surface area (Å²) < 4.78 is 26.9. The van der Waals surface area contributed by atoms with Crippen LogP contribution in [0, 0.1) is 18.6 Å². The Hall–Kier alpha value is -1.90. The molecule has 1 unspecified atom stereocenters. The number of hydrogen-bond donors (Lipinski definition) is 1. The summed E-state index contributed by atoms with van der Waals surface area (Å²) in [6, 6.07) is 10.3. The molecule has 1 aliphatic carbocycles. The number of hydrogen-bond acceptors (Lipinski definition) is 1. The molecular formula is C16H15F2N. The molecule has 0 bridgehead atoms. The van der Waals surface area contributed by atoms with Gasteiger partial charge in [-0.25, -0.2) is 8.78 Å². The summed E-state index contributed by atoms with van der Waals surface area (Å²) in [6.45, 7) is 1.74. The standard InChI is InChI=1S/C16H15F2N/c1-10-9-11(5-7-14(10)17)19-16-8-6-12-13(16)3-2-4-15(12)18/h2-5,7,9,16,19H,6,8H2,1H3. The van der Waals surface area contributed by atoms with Crippen molar-refractivity contribution in [3.05, 3.63) is 64.7 Å². The summed E-state index contributed by atoms with van der Waals surface area (Å²) in [5.41, 5.74) is 3.31. The van der Waals surface area contributed by atoms with Crippen molar-refractivity contribution in [2.24, 2.45) is 0 Å². The van der Waals surface area contributed by atoms with E-state index in [1.807, 2.05) is 6.07 Å². The van der Waals surface area contributed by atoms with E-state index in [0.29, 0.717) is 5.56 Å². The highest BCUT2D eigenvalue weighted by atomic mass is 19.1. The van der Waals surface area contributed by atoms with E-state index in [2.05, 4.69) is 5.32 Å². The lowest BCUT2D eigenvalue weighted by Gasteiger charge is -2.16. The number of benzene rings is 2. The lowest BCUT2D eigenvalue weighted by Crippen LogP contribution is -2.07. The predicted molar refractivity (Wildman–Crippen MR) is 72.2 cm³/mol. The maximum atomic E-state index is 13.6. The Bertz CT molecular complexity index is 622. The first-order chi connectivity index (χ1) is 9.15. The number of anilines is 1. The molecule has 1 aliphatic rings. The third-order valence-electron chi connectivity index (χ3n) is 3.71. The molecule has 0 fully saturated rings. The largest absolute Gasteiger partial charge is 0.378 e. The van der Waals surface area contributed by atoms with E-state index < -0.39 is 0 Å². The molecule has 0 aliphatic heterocycles. The first-order valence-corrected chi connectivity index (χ1v) is 6.45. The van der Waals surface area contributed by atoms with Crippen LogP contribution < -0.4 is 5.32 Å². The van der Waals surface area contributed by atoms with Crippen molar-refractivity contribution in [3.8, 4) is 0 Å². The van der Waals surface area contributed by atoms with Gasteiger partial charge in [0.05, 0.1) is 6.04 Å². The summed E-state index contributed by atoms with van der Waals surface area (Å²) in [5.74, 6) is -0.333. The van der Waals surface area contributed by atoms with Gasteiger partial charge in [0.15, 0.2) is 0 Å². The molecule has 0 saturated carbocycles. The molecular weight excluding hydrogens is 244 g/mol. The Morgan fingerprint density at radius 1 is 1.11 bits per heavy atom. The molecule has 3 heteroatoms. The van der Waals surface area contributed by atoms with Crippen molar-refractivity contribution < 1.29 is 8.78 Å². The molecule has 2 aromatic carbocycles. The van der Waals surface area contributed by atoms with Gasteiger partial charge in [-0.15, -0.1) is 0 Å².